The van der Waals surface area contributed by atoms with Crippen molar-refractivity contribution in [3.05, 3.63) is 47.7 Å². The van der Waals surface area contributed by atoms with Crippen LogP contribution in [0.25, 0.3) is 0 Å². The highest BCUT2D eigenvalue weighted by Gasteiger charge is 2.26. The number of hydrogen-bond donors (Lipinski definition) is 1. The van der Waals surface area contributed by atoms with Crippen molar-refractivity contribution in [2.45, 2.75) is 45.3 Å². The fourth-order valence-corrected chi connectivity index (χ4v) is 2.27. The maximum atomic E-state index is 12.4. The molecular formula is C19H21F3N4O3. The molecule has 10 heteroatoms. The molecule has 1 amide bonds. The number of alkyl halides is 3. The van der Waals surface area contributed by atoms with Crippen LogP contribution in [-0.2, 0) is 11.2 Å². The quantitative estimate of drug-likeness (QED) is 0.682. The fourth-order valence-electron chi connectivity index (χ4n) is 2.27. The zero-order valence-corrected chi connectivity index (χ0v) is 16.0. The number of Topliss-reactive ketones (excluding diaryl/α,β-unsaturated/α-hetero) is 1. The van der Waals surface area contributed by atoms with Crippen molar-refractivity contribution < 1.29 is 27.5 Å². The van der Waals surface area contributed by atoms with E-state index in [2.05, 4.69) is 20.3 Å². The molecule has 0 aliphatic rings. The van der Waals surface area contributed by atoms with Gasteiger partial charge in [-0.3, -0.25) is 9.59 Å². The second kappa shape index (κ2) is 9.94. The molecule has 0 saturated carbocycles. The number of hydrogen-bond acceptors (Lipinski definition) is 6. The van der Waals surface area contributed by atoms with Gasteiger partial charge in [-0.1, -0.05) is 13.0 Å². The monoisotopic (exact) mass is 410 g/mol. The van der Waals surface area contributed by atoms with E-state index in [0.717, 1.165) is 0 Å². The molecule has 0 bridgehead atoms. The lowest BCUT2D eigenvalue weighted by atomic mass is 10.1. The first-order valence-electron chi connectivity index (χ1n) is 8.98. The number of nitrogens with one attached hydrogen (secondary N) is 1. The second-order valence-electron chi connectivity index (χ2n) is 6.27. The molecule has 7 nitrogen and oxygen atoms in total. The van der Waals surface area contributed by atoms with Crippen molar-refractivity contribution in [2.75, 3.05) is 6.61 Å². The Kier molecular flexibility index (Phi) is 7.63. The minimum atomic E-state index is -4.29. The summed E-state index contributed by atoms with van der Waals surface area (Å²) < 4.78 is 41.3. The number of ketones is 1. The van der Waals surface area contributed by atoms with Crippen LogP contribution in [0.5, 0.6) is 5.88 Å². The largest absolute Gasteiger partial charge is 0.477 e. The summed E-state index contributed by atoms with van der Waals surface area (Å²) in [6.45, 7) is 2.95. The molecule has 29 heavy (non-hydrogen) atoms. The molecule has 0 aliphatic heterocycles. The molecule has 2 rings (SSSR count). The van der Waals surface area contributed by atoms with Crippen molar-refractivity contribution in [1.29, 1.82) is 0 Å². The van der Waals surface area contributed by atoms with E-state index in [1.807, 2.05) is 0 Å². The highest BCUT2D eigenvalue weighted by molar-refractivity contribution is 5.92. The van der Waals surface area contributed by atoms with Gasteiger partial charge in [-0.15, -0.1) is 0 Å². The lowest BCUT2D eigenvalue weighted by molar-refractivity contribution is -0.139. The minimum absolute atomic E-state index is 0.0282. The molecule has 1 unspecified atom stereocenters. The molecule has 1 N–H and O–H groups in total. The number of carbonyl (C=O) groups excluding carboxylic acids is 2. The van der Waals surface area contributed by atoms with Gasteiger partial charge in [0.15, 0.2) is 0 Å². The molecule has 1 atom stereocenters. The molecule has 0 fully saturated rings. The SMILES string of the molecule is CCC(=O)Cc1nccc(C(=O)NC(C)c2ccc(OCCC(F)(F)F)nc2)n1. The van der Waals surface area contributed by atoms with E-state index in [1.54, 1.807) is 19.9 Å². The van der Waals surface area contributed by atoms with Crippen LogP contribution in [0.4, 0.5) is 13.2 Å². The average Bonchev–Trinajstić information content (AvgIpc) is 2.67. The van der Waals surface area contributed by atoms with Crippen LogP contribution in [0.15, 0.2) is 30.6 Å². The van der Waals surface area contributed by atoms with Gasteiger partial charge >= 0.3 is 6.18 Å². The molecule has 2 aromatic rings. The van der Waals surface area contributed by atoms with Crippen LogP contribution < -0.4 is 10.1 Å². The number of halogens is 3. The predicted molar refractivity (Wildman–Crippen MR) is 97.3 cm³/mol. The van der Waals surface area contributed by atoms with Gasteiger partial charge in [-0.05, 0) is 18.6 Å². The number of ether oxygens (including phenoxy) is 1. The van der Waals surface area contributed by atoms with E-state index in [-0.39, 0.29) is 29.6 Å². The van der Waals surface area contributed by atoms with Crippen LogP contribution in [0.1, 0.15) is 54.6 Å². The first kappa shape index (κ1) is 22.3. The van der Waals surface area contributed by atoms with Gasteiger partial charge in [-0.25, -0.2) is 15.0 Å². The van der Waals surface area contributed by atoms with Gasteiger partial charge < -0.3 is 10.1 Å². The highest BCUT2D eigenvalue weighted by Crippen LogP contribution is 2.20. The maximum absolute atomic E-state index is 12.4. The van der Waals surface area contributed by atoms with Crippen LogP contribution in [0.3, 0.4) is 0 Å². The van der Waals surface area contributed by atoms with Crippen LogP contribution in [-0.4, -0.2) is 39.4 Å². The van der Waals surface area contributed by atoms with E-state index in [1.165, 1.54) is 24.5 Å². The third-order valence-corrected chi connectivity index (χ3v) is 3.93. The topological polar surface area (TPSA) is 94.1 Å². The zero-order chi connectivity index (χ0) is 21.4. The summed E-state index contributed by atoms with van der Waals surface area (Å²) in [5.74, 6) is -0.133. The van der Waals surface area contributed by atoms with Gasteiger partial charge in [0.1, 0.15) is 17.3 Å². The van der Waals surface area contributed by atoms with Gasteiger partial charge in [0.25, 0.3) is 5.91 Å². The smallest absolute Gasteiger partial charge is 0.392 e. The number of nitrogens with zero attached hydrogens (tertiary/aromatic N) is 3. The van der Waals surface area contributed by atoms with Gasteiger partial charge in [0.05, 0.1) is 25.5 Å². The average molecular weight is 410 g/mol. The Bertz CT molecular complexity index is 841. The molecule has 2 heterocycles. The third kappa shape index (κ3) is 7.47. The molecule has 0 spiro atoms. The number of amides is 1. The van der Waals surface area contributed by atoms with E-state index in [0.29, 0.717) is 12.0 Å². The van der Waals surface area contributed by atoms with Gasteiger partial charge in [0, 0.05) is 24.9 Å². The molecule has 156 valence electrons. The maximum Gasteiger partial charge on any atom is 0.392 e. The summed E-state index contributed by atoms with van der Waals surface area (Å²) in [6, 6.07) is 4.05. The Hall–Kier alpha value is -3.04. The second-order valence-corrected chi connectivity index (χ2v) is 6.27. The van der Waals surface area contributed by atoms with Crippen molar-refractivity contribution in [3.63, 3.8) is 0 Å². The molecule has 2 aromatic heterocycles. The van der Waals surface area contributed by atoms with Gasteiger partial charge in [-0.2, -0.15) is 13.2 Å². The lowest BCUT2D eigenvalue weighted by Crippen LogP contribution is -2.28. The van der Waals surface area contributed by atoms with Crippen molar-refractivity contribution in [3.8, 4) is 5.88 Å². The molecule has 0 radical (unpaired) electrons. The fraction of sp³-hybridized carbons (Fsp3) is 0.421. The lowest BCUT2D eigenvalue weighted by Gasteiger charge is -2.14. The Balaban J connectivity index is 1.94. The summed E-state index contributed by atoms with van der Waals surface area (Å²) in [5, 5.41) is 2.75. The van der Waals surface area contributed by atoms with E-state index < -0.39 is 31.2 Å². The number of pyridine rings is 1. The van der Waals surface area contributed by atoms with Crippen molar-refractivity contribution in [1.82, 2.24) is 20.3 Å². The molecule has 0 aliphatic carbocycles. The third-order valence-electron chi connectivity index (χ3n) is 3.93. The number of aromatic nitrogens is 3. The molecule has 0 aromatic carbocycles. The van der Waals surface area contributed by atoms with Crippen LogP contribution in [0.2, 0.25) is 0 Å². The first-order chi connectivity index (χ1) is 13.7. The Morgan fingerprint density at radius 2 is 1.97 bits per heavy atom. The van der Waals surface area contributed by atoms with E-state index in [4.69, 9.17) is 4.74 Å². The molecular weight excluding hydrogens is 389 g/mol. The van der Waals surface area contributed by atoms with Crippen molar-refractivity contribution >= 4 is 11.7 Å². The predicted octanol–water partition coefficient (Wildman–Crippen LogP) is 3.22. The Morgan fingerprint density at radius 3 is 2.59 bits per heavy atom. The zero-order valence-electron chi connectivity index (χ0n) is 16.0. The van der Waals surface area contributed by atoms with Crippen LogP contribution in [0, 0.1) is 0 Å². The summed E-state index contributed by atoms with van der Waals surface area (Å²) in [7, 11) is 0. The van der Waals surface area contributed by atoms with E-state index in [9.17, 15) is 22.8 Å². The summed E-state index contributed by atoms with van der Waals surface area (Å²) in [4.78, 5) is 36.0. The summed E-state index contributed by atoms with van der Waals surface area (Å²) >= 11 is 0. The number of carbonyl (C=O) groups is 2. The minimum Gasteiger partial charge on any atom is -0.477 e. The summed E-state index contributed by atoms with van der Waals surface area (Å²) in [6.07, 6.45) is -2.09. The van der Waals surface area contributed by atoms with Gasteiger partial charge in [0.2, 0.25) is 5.88 Å². The van der Waals surface area contributed by atoms with E-state index >= 15 is 0 Å². The highest BCUT2D eigenvalue weighted by atomic mass is 19.4. The standard InChI is InChI=1S/C19H21F3N4O3/c1-3-14(27)10-16-23-8-6-15(26-16)18(28)25-12(2)13-4-5-17(24-11-13)29-9-7-19(20,21)22/h4-6,8,11-12H,3,7,9-10H2,1-2H3,(H,25,28). The summed E-state index contributed by atoms with van der Waals surface area (Å²) in [5.41, 5.74) is 0.766. The molecule has 0 saturated heterocycles. The first-order valence-corrected chi connectivity index (χ1v) is 8.98. The van der Waals surface area contributed by atoms with Crippen molar-refractivity contribution in [2.24, 2.45) is 0 Å². The Morgan fingerprint density at radius 1 is 1.21 bits per heavy atom. The van der Waals surface area contributed by atoms with Crippen LogP contribution >= 0.6 is 0 Å². The Labute approximate surface area is 165 Å². The normalized spacial score (nSPS) is 12.3. The number of rotatable bonds is 9.